The zero-order valence-corrected chi connectivity index (χ0v) is 11.2. The summed E-state index contributed by atoms with van der Waals surface area (Å²) in [5.41, 5.74) is 0.0938. The summed E-state index contributed by atoms with van der Waals surface area (Å²) in [5, 5.41) is 10.8. The summed E-state index contributed by atoms with van der Waals surface area (Å²) in [4.78, 5) is 10.8. The molecule has 0 amide bonds. The predicted molar refractivity (Wildman–Crippen MR) is 65.8 cm³/mol. The minimum Gasteiger partial charge on any atom is -0.545 e. The third-order valence-electron chi connectivity index (χ3n) is 1.83. The van der Waals surface area contributed by atoms with Crippen LogP contribution in [-0.4, -0.2) is 19.2 Å². The predicted octanol–water partition coefficient (Wildman–Crippen LogP) is 1.45. The lowest BCUT2D eigenvalue weighted by molar-refractivity contribution is -0.255. The smallest absolute Gasteiger partial charge is 0.174 e. The maximum atomic E-state index is 10.8. The average molecular weight is 335 g/mol. The van der Waals surface area contributed by atoms with Gasteiger partial charge in [-0.25, -0.2) is 0 Å². The number of ether oxygens (including phenoxy) is 2. The second kappa shape index (κ2) is 5.93. The molecular formula is C11H12IO4-. The number of carboxylic acid groups (broad SMARTS) is 1. The number of carbonyl (C=O) groups is 1. The van der Waals surface area contributed by atoms with Gasteiger partial charge in [-0.15, -0.1) is 0 Å². The Hall–Kier alpha value is -0.980. The molecule has 0 aliphatic carbocycles. The molecule has 0 radical (unpaired) electrons. The van der Waals surface area contributed by atoms with Gasteiger partial charge in [-0.2, -0.15) is 0 Å². The van der Waals surface area contributed by atoms with Crippen LogP contribution in [0.3, 0.4) is 0 Å². The molecule has 0 unspecified atom stereocenters. The highest BCUT2D eigenvalue weighted by Crippen LogP contribution is 2.34. The molecule has 0 saturated heterocycles. The molecule has 0 aliphatic rings. The largest absolute Gasteiger partial charge is 0.545 e. The molecular weight excluding hydrogens is 323 g/mol. The lowest BCUT2D eigenvalue weighted by atomic mass is 10.2. The lowest BCUT2D eigenvalue weighted by Crippen LogP contribution is -2.22. The van der Waals surface area contributed by atoms with Crippen molar-refractivity contribution in [3.05, 3.63) is 21.3 Å². The molecule has 0 bridgehead atoms. The third-order valence-corrected chi connectivity index (χ3v) is 2.64. The van der Waals surface area contributed by atoms with Crippen LogP contribution in [0.25, 0.3) is 0 Å². The van der Waals surface area contributed by atoms with Gasteiger partial charge in [0.15, 0.2) is 11.5 Å². The van der Waals surface area contributed by atoms with Crippen molar-refractivity contribution in [1.82, 2.24) is 0 Å². The Balaban J connectivity index is 3.21. The first-order valence-corrected chi connectivity index (χ1v) is 5.98. The van der Waals surface area contributed by atoms with E-state index in [1.165, 1.54) is 12.1 Å². The van der Waals surface area contributed by atoms with Crippen molar-refractivity contribution >= 4 is 28.6 Å². The van der Waals surface area contributed by atoms with Crippen molar-refractivity contribution in [2.24, 2.45) is 0 Å². The first kappa shape index (κ1) is 13.1. The quantitative estimate of drug-likeness (QED) is 0.765. The van der Waals surface area contributed by atoms with E-state index in [1.807, 2.05) is 36.4 Å². The minimum atomic E-state index is -1.22. The van der Waals surface area contributed by atoms with E-state index in [1.54, 1.807) is 0 Å². The van der Waals surface area contributed by atoms with Gasteiger partial charge in [-0.3, -0.25) is 0 Å². The standard InChI is InChI=1S/C11H13IO4/c1-3-15-9-6-7(11(13)14)5-8(12)10(9)16-4-2/h5-6H,3-4H2,1-2H3,(H,13,14)/p-1. The van der Waals surface area contributed by atoms with Crippen LogP contribution in [0, 0.1) is 3.57 Å². The molecule has 0 spiro atoms. The molecule has 1 rings (SSSR count). The first-order chi connectivity index (χ1) is 7.60. The number of rotatable bonds is 5. The van der Waals surface area contributed by atoms with Crippen LogP contribution in [0.1, 0.15) is 24.2 Å². The maximum Gasteiger partial charge on any atom is 0.174 e. The van der Waals surface area contributed by atoms with E-state index < -0.39 is 5.97 Å². The number of halogens is 1. The summed E-state index contributed by atoms with van der Waals surface area (Å²) in [7, 11) is 0. The fourth-order valence-electron chi connectivity index (χ4n) is 1.23. The second-order valence-electron chi connectivity index (χ2n) is 2.94. The summed E-state index contributed by atoms with van der Waals surface area (Å²) < 4.78 is 11.4. The van der Waals surface area contributed by atoms with Crippen LogP contribution in [0.4, 0.5) is 0 Å². The molecule has 0 aliphatic heterocycles. The molecule has 0 fully saturated rings. The van der Waals surface area contributed by atoms with Crippen LogP contribution < -0.4 is 14.6 Å². The Morgan fingerprint density at radius 3 is 2.44 bits per heavy atom. The first-order valence-electron chi connectivity index (χ1n) is 4.90. The van der Waals surface area contributed by atoms with Crippen molar-refractivity contribution in [2.45, 2.75) is 13.8 Å². The average Bonchev–Trinajstić information content (AvgIpc) is 2.23. The van der Waals surface area contributed by atoms with Crippen LogP contribution >= 0.6 is 22.6 Å². The highest BCUT2D eigenvalue weighted by atomic mass is 127. The van der Waals surface area contributed by atoms with Gasteiger partial charge in [0.2, 0.25) is 0 Å². The van der Waals surface area contributed by atoms with E-state index in [2.05, 4.69) is 0 Å². The Morgan fingerprint density at radius 1 is 1.31 bits per heavy atom. The molecule has 0 N–H and O–H groups in total. The number of hydrogen-bond acceptors (Lipinski definition) is 4. The van der Waals surface area contributed by atoms with Gasteiger partial charge >= 0.3 is 0 Å². The van der Waals surface area contributed by atoms with Crippen LogP contribution in [0.2, 0.25) is 0 Å². The second-order valence-corrected chi connectivity index (χ2v) is 4.10. The van der Waals surface area contributed by atoms with Gasteiger partial charge < -0.3 is 19.4 Å². The fraction of sp³-hybridized carbons (Fsp3) is 0.364. The van der Waals surface area contributed by atoms with Crippen molar-refractivity contribution in [3.63, 3.8) is 0 Å². The summed E-state index contributed by atoms with van der Waals surface area (Å²) in [6.45, 7) is 4.64. The van der Waals surface area contributed by atoms with Gasteiger partial charge in [0.25, 0.3) is 0 Å². The fourth-order valence-corrected chi connectivity index (χ4v) is 1.99. The van der Waals surface area contributed by atoms with Crippen molar-refractivity contribution in [1.29, 1.82) is 0 Å². The summed E-state index contributed by atoms with van der Waals surface area (Å²) >= 11 is 2.01. The zero-order chi connectivity index (χ0) is 12.1. The van der Waals surface area contributed by atoms with E-state index in [-0.39, 0.29) is 5.56 Å². The van der Waals surface area contributed by atoms with Gasteiger partial charge in [-0.1, -0.05) is 0 Å². The van der Waals surface area contributed by atoms with Gasteiger partial charge in [-0.05, 0) is 48.6 Å². The Bertz CT molecular complexity index is 390. The monoisotopic (exact) mass is 335 g/mol. The molecule has 88 valence electrons. The van der Waals surface area contributed by atoms with E-state index in [0.717, 1.165) is 0 Å². The minimum absolute atomic E-state index is 0.0938. The molecule has 1 aromatic carbocycles. The van der Waals surface area contributed by atoms with Crippen molar-refractivity contribution in [2.75, 3.05) is 13.2 Å². The summed E-state index contributed by atoms with van der Waals surface area (Å²) in [6.07, 6.45) is 0. The number of carboxylic acids is 1. The number of aromatic carboxylic acids is 1. The zero-order valence-electron chi connectivity index (χ0n) is 9.08. The van der Waals surface area contributed by atoms with Crippen LogP contribution in [0.5, 0.6) is 11.5 Å². The topological polar surface area (TPSA) is 58.6 Å². The van der Waals surface area contributed by atoms with Crippen molar-refractivity contribution in [3.8, 4) is 11.5 Å². The molecule has 4 nitrogen and oxygen atoms in total. The summed E-state index contributed by atoms with van der Waals surface area (Å²) in [5.74, 6) is -0.202. The Kier molecular flexibility index (Phi) is 4.85. The summed E-state index contributed by atoms with van der Waals surface area (Å²) in [6, 6.07) is 2.93. The van der Waals surface area contributed by atoms with E-state index >= 15 is 0 Å². The molecule has 1 aromatic rings. The van der Waals surface area contributed by atoms with Crippen LogP contribution in [0.15, 0.2) is 12.1 Å². The van der Waals surface area contributed by atoms with E-state index in [4.69, 9.17) is 9.47 Å². The lowest BCUT2D eigenvalue weighted by Gasteiger charge is -2.14. The Labute approximate surface area is 108 Å². The SMILES string of the molecule is CCOc1cc(C(=O)[O-])cc(I)c1OCC. The highest BCUT2D eigenvalue weighted by molar-refractivity contribution is 14.1. The molecule has 0 saturated carbocycles. The maximum absolute atomic E-state index is 10.8. The number of carbonyl (C=O) groups excluding carboxylic acids is 1. The molecule has 16 heavy (non-hydrogen) atoms. The molecule has 0 aromatic heterocycles. The normalized spacial score (nSPS) is 9.94. The van der Waals surface area contributed by atoms with E-state index in [0.29, 0.717) is 28.3 Å². The third kappa shape index (κ3) is 3.01. The molecule has 0 atom stereocenters. The van der Waals surface area contributed by atoms with Gasteiger partial charge in [0.1, 0.15) is 0 Å². The van der Waals surface area contributed by atoms with E-state index in [9.17, 15) is 9.90 Å². The molecule has 0 heterocycles. The Morgan fingerprint density at radius 2 is 1.94 bits per heavy atom. The van der Waals surface area contributed by atoms with Crippen LogP contribution in [-0.2, 0) is 0 Å². The van der Waals surface area contributed by atoms with Gasteiger partial charge in [0.05, 0.1) is 22.8 Å². The van der Waals surface area contributed by atoms with Crippen molar-refractivity contribution < 1.29 is 19.4 Å². The highest BCUT2D eigenvalue weighted by Gasteiger charge is 2.11. The number of benzene rings is 1. The molecule has 5 heteroatoms. The number of hydrogen-bond donors (Lipinski definition) is 0. The van der Waals surface area contributed by atoms with Gasteiger partial charge in [0, 0.05) is 5.56 Å².